The summed E-state index contributed by atoms with van der Waals surface area (Å²) >= 11 is 0. The Hall–Kier alpha value is -1.67. The minimum atomic E-state index is -3.54. The topological polar surface area (TPSA) is 81.8 Å². The second-order valence-electron chi connectivity index (χ2n) is 6.21. The van der Waals surface area contributed by atoms with Crippen LogP contribution >= 0.6 is 0 Å². The molecule has 0 bridgehead atoms. The minimum absolute atomic E-state index is 0.263. The van der Waals surface area contributed by atoms with Gasteiger partial charge >= 0.3 is 0 Å². The Morgan fingerprint density at radius 2 is 2.00 bits per heavy atom. The van der Waals surface area contributed by atoms with Gasteiger partial charge in [0.2, 0.25) is 10.0 Å². The van der Waals surface area contributed by atoms with Gasteiger partial charge in [0.1, 0.15) is 4.90 Å². The van der Waals surface area contributed by atoms with Crippen LogP contribution in [0.5, 0.6) is 0 Å². The highest BCUT2D eigenvalue weighted by Crippen LogP contribution is 2.36. The summed E-state index contributed by atoms with van der Waals surface area (Å²) in [7, 11) is 0.123. The predicted molar refractivity (Wildman–Crippen MR) is 86.5 cm³/mol. The van der Waals surface area contributed by atoms with Crippen LogP contribution in [0.3, 0.4) is 0 Å². The first-order chi connectivity index (χ1) is 11.0. The molecule has 0 aliphatic heterocycles. The Labute approximate surface area is 136 Å². The van der Waals surface area contributed by atoms with Crippen LogP contribution in [-0.2, 0) is 30.5 Å². The first-order valence-corrected chi connectivity index (χ1v) is 9.44. The highest BCUT2D eigenvalue weighted by Gasteiger charge is 2.29. The third-order valence-corrected chi connectivity index (χ3v) is 5.76. The van der Waals surface area contributed by atoms with E-state index < -0.39 is 10.0 Å². The van der Waals surface area contributed by atoms with Crippen molar-refractivity contribution >= 4 is 10.0 Å². The number of rotatable bonds is 6. The maximum absolute atomic E-state index is 12.6. The van der Waals surface area contributed by atoms with E-state index in [0.717, 1.165) is 37.1 Å². The van der Waals surface area contributed by atoms with Crippen LogP contribution < -0.4 is 4.72 Å². The van der Waals surface area contributed by atoms with Crippen molar-refractivity contribution in [2.75, 3.05) is 6.54 Å². The van der Waals surface area contributed by atoms with E-state index in [1.54, 1.807) is 24.3 Å². The molecule has 1 aliphatic carbocycles. The van der Waals surface area contributed by atoms with Crippen molar-refractivity contribution < 1.29 is 8.42 Å². The summed E-state index contributed by atoms with van der Waals surface area (Å²) in [4.78, 5) is 4.53. The number of hydrogen-bond acceptors (Lipinski definition) is 4. The van der Waals surface area contributed by atoms with Gasteiger partial charge in [0.05, 0.1) is 17.7 Å². The van der Waals surface area contributed by atoms with Gasteiger partial charge in [-0.3, -0.25) is 4.68 Å². The highest BCUT2D eigenvalue weighted by molar-refractivity contribution is 7.89. The lowest BCUT2D eigenvalue weighted by Crippen LogP contribution is -2.27. The fourth-order valence-corrected chi connectivity index (χ4v) is 4.46. The Kier molecular flexibility index (Phi) is 4.54. The standard InChI is InChI=1S/C15H23N5O2S/c1-19-9-13(16-11-19)7-8-17-23(21,22)14-10-20(2)18-15(14)12-5-3-4-6-12/h9-12,17H,3-8H2,1-2H3. The van der Waals surface area contributed by atoms with E-state index in [4.69, 9.17) is 0 Å². The molecule has 1 aliphatic rings. The average Bonchev–Trinajstić information content (AvgIpc) is 3.19. The van der Waals surface area contributed by atoms with Gasteiger partial charge in [-0.25, -0.2) is 18.1 Å². The summed E-state index contributed by atoms with van der Waals surface area (Å²) in [6.07, 6.45) is 10.1. The fourth-order valence-electron chi connectivity index (χ4n) is 3.16. The molecule has 2 aromatic heterocycles. The molecule has 3 rings (SSSR count). The summed E-state index contributed by atoms with van der Waals surface area (Å²) in [5.74, 6) is 0.263. The Balaban J connectivity index is 1.71. The zero-order valence-electron chi connectivity index (χ0n) is 13.6. The molecule has 2 aromatic rings. The molecule has 0 radical (unpaired) electrons. The van der Waals surface area contributed by atoms with Crippen molar-refractivity contribution in [1.29, 1.82) is 0 Å². The zero-order chi connectivity index (χ0) is 16.4. The third kappa shape index (κ3) is 3.64. The molecule has 23 heavy (non-hydrogen) atoms. The summed E-state index contributed by atoms with van der Waals surface area (Å²) in [6.45, 7) is 0.332. The zero-order valence-corrected chi connectivity index (χ0v) is 14.4. The van der Waals surface area contributed by atoms with E-state index in [-0.39, 0.29) is 5.92 Å². The molecule has 0 saturated heterocycles. The lowest BCUT2D eigenvalue weighted by Gasteiger charge is -2.10. The molecule has 0 unspecified atom stereocenters. The van der Waals surface area contributed by atoms with Crippen LogP contribution in [0, 0.1) is 0 Å². The number of aromatic nitrogens is 4. The number of nitrogens with one attached hydrogen (secondary N) is 1. The van der Waals surface area contributed by atoms with Crippen molar-refractivity contribution in [2.24, 2.45) is 14.1 Å². The van der Waals surface area contributed by atoms with E-state index in [1.165, 1.54) is 0 Å². The van der Waals surface area contributed by atoms with Crippen LogP contribution in [0.4, 0.5) is 0 Å². The average molecular weight is 337 g/mol. The van der Waals surface area contributed by atoms with Gasteiger partial charge < -0.3 is 4.57 Å². The van der Waals surface area contributed by atoms with Crippen molar-refractivity contribution in [1.82, 2.24) is 24.1 Å². The van der Waals surface area contributed by atoms with Crippen molar-refractivity contribution in [3.63, 3.8) is 0 Å². The van der Waals surface area contributed by atoms with Gasteiger partial charge in [0.15, 0.2) is 0 Å². The SMILES string of the molecule is Cn1cnc(CCNS(=O)(=O)c2cn(C)nc2C2CCCC2)c1. The van der Waals surface area contributed by atoms with Crippen molar-refractivity contribution in [3.05, 3.63) is 30.1 Å². The van der Waals surface area contributed by atoms with E-state index in [0.29, 0.717) is 17.9 Å². The molecular weight excluding hydrogens is 314 g/mol. The molecular formula is C15H23N5O2S. The van der Waals surface area contributed by atoms with E-state index >= 15 is 0 Å². The Morgan fingerprint density at radius 1 is 1.26 bits per heavy atom. The lowest BCUT2D eigenvalue weighted by atomic mass is 10.1. The monoisotopic (exact) mass is 337 g/mol. The lowest BCUT2D eigenvalue weighted by molar-refractivity contribution is 0.576. The number of aryl methyl sites for hydroxylation is 2. The molecule has 1 saturated carbocycles. The minimum Gasteiger partial charge on any atom is -0.340 e. The van der Waals surface area contributed by atoms with Crippen LogP contribution in [0.1, 0.15) is 43.0 Å². The molecule has 2 heterocycles. The van der Waals surface area contributed by atoms with E-state index in [9.17, 15) is 8.42 Å². The second-order valence-corrected chi connectivity index (χ2v) is 7.95. The number of sulfonamides is 1. The van der Waals surface area contributed by atoms with E-state index in [2.05, 4.69) is 14.8 Å². The first-order valence-electron chi connectivity index (χ1n) is 7.96. The fraction of sp³-hybridized carbons (Fsp3) is 0.600. The molecule has 7 nitrogen and oxygen atoms in total. The summed E-state index contributed by atoms with van der Waals surface area (Å²) in [5.41, 5.74) is 1.59. The maximum atomic E-state index is 12.6. The van der Waals surface area contributed by atoms with Crippen LogP contribution in [-0.4, -0.2) is 34.3 Å². The highest BCUT2D eigenvalue weighted by atomic mass is 32.2. The second kappa shape index (κ2) is 6.45. The quantitative estimate of drug-likeness (QED) is 0.862. The van der Waals surface area contributed by atoms with Gasteiger partial charge in [-0.15, -0.1) is 0 Å². The van der Waals surface area contributed by atoms with Crippen LogP contribution in [0.2, 0.25) is 0 Å². The normalized spacial score (nSPS) is 16.3. The Bertz CT molecular complexity index is 772. The van der Waals surface area contributed by atoms with Crippen LogP contribution in [0.15, 0.2) is 23.6 Å². The number of imidazole rings is 1. The molecule has 0 spiro atoms. The third-order valence-electron chi connectivity index (χ3n) is 4.28. The largest absolute Gasteiger partial charge is 0.340 e. The molecule has 0 amide bonds. The summed E-state index contributed by atoms with van der Waals surface area (Å²) in [6, 6.07) is 0. The van der Waals surface area contributed by atoms with Crippen molar-refractivity contribution in [3.8, 4) is 0 Å². The molecule has 0 aromatic carbocycles. The van der Waals surface area contributed by atoms with Gasteiger partial charge in [-0.2, -0.15) is 5.10 Å². The van der Waals surface area contributed by atoms with Gasteiger partial charge in [0, 0.05) is 45.4 Å². The molecule has 0 atom stereocenters. The number of hydrogen-bond donors (Lipinski definition) is 1. The molecule has 126 valence electrons. The maximum Gasteiger partial charge on any atom is 0.243 e. The van der Waals surface area contributed by atoms with Crippen molar-refractivity contribution in [2.45, 2.75) is 42.9 Å². The van der Waals surface area contributed by atoms with E-state index in [1.807, 2.05) is 17.8 Å². The van der Waals surface area contributed by atoms with Gasteiger partial charge in [0.25, 0.3) is 0 Å². The summed E-state index contributed by atoms with van der Waals surface area (Å²) < 4.78 is 31.4. The number of nitrogens with zero attached hydrogens (tertiary/aromatic N) is 4. The first kappa shape index (κ1) is 16.2. The Morgan fingerprint density at radius 3 is 2.65 bits per heavy atom. The van der Waals surface area contributed by atoms with Gasteiger partial charge in [-0.05, 0) is 12.8 Å². The summed E-state index contributed by atoms with van der Waals surface area (Å²) in [5, 5.41) is 4.41. The van der Waals surface area contributed by atoms with Gasteiger partial charge in [-0.1, -0.05) is 12.8 Å². The molecule has 1 N–H and O–H groups in total. The van der Waals surface area contributed by atoms with Crippen LogP contribution in [0.25, 0.3) is 0 Å². The smallest absolute Gasteiger partial charge is 0.243 e. The molecule has 8 heteroatoms. The predicted octanol–water partition coefficient (Wildman–Crippen LogP) is 1.33. The molecule has 1 fully saturated rings.